The number of likely N-dealkylation sites (N-methyl/N-ethyl adjacent to an activating group) is 1. The standard InChI is InChI=1S/C25H33N5O2S2/c1-4-27-11-13-28(14-12-27)22-19(17(3)20(16-26)23(31)29(22)5-2)15-21-24(32)30(25(33)34-21)18-9-7-6-8-10-18/h15,18H,4-14H2,1-3H3/b21-15-. The second kappa shape index (κ2) is 10.6. The van der Waals surface area contributed by atoms with Gasteiger partial charge in [-0.1, -0.05) is 50.2 Å². The van der Waals surface area contributed by atoms with Crippen molar-refractivity contribution in [2.75, 3.05) is 37.6 Å². The van der Waals surface area contributed by atoms with E-state index >= 15 is 0 Å². The van der Waals surface area contributed by atoms with Gasteiger partial charge in [0.2, 0.25) is 0 Å². The molecule has 1 aromatic heterocycles. The number of aromatic nitrogens is 1. The van der Waals surface area contributed by atoms with Gasteiger partial charge in [0.25, 0.3) is 11.5 Å². The van der Waals surface area contributed by atoms with Crippen LogP contribution in [0.15, 0.2) is 9.70 Å². The Morgan fingerprint density at radius 2 is 1.76 bits per heavy atom. The van der Waals surface area contributed by atoms with E-state index < -0.39 is 0 Å². The van der Waals surface area contributed by atoms with E-state index in [2.05, 4.69) is 22.8 Å². The molecule has 3 fully saturated rings. The molecule has 4 rings (SSSR count). The van der Waals surface area contributed by atoms with Gasteiger partial charge in [0, 0.05) is 44.3 Å². The van der Waals surface area contributed by atoms with Crippen LogP contribution < -0.4 is 10.5 Å². The summed E-state index contributed by atoms with van der Waals surface area (Å²) >= 11 is 6.97. The Morgan fingerprint density at radius 3 is 2.35 bits per heavy atom. The van der Waals surface area contributed by atoms with Gasteiger partial charge in [0.1, 0.15) is 21.8 Å². The first-order valence-electron chi connectivity index (χ1n) is 12.3. The minimum absolute atomic E-state index is 0.0455. The normalized spacial score (nSPS) is 21.5. The first-order valence-corrected chi connectivity index (χ1v) is 13.6. The molecule has 1 saturated carbocycles. The Balaban J connectivity index is 1.80. The van der Waals surface area contributed by atoms with E-state index in [9.17, 15) is 14.9 Å². The molecule has 1 amide bonds. The highest BCUT2D eigenvalue weighted by Crippen LogP contribution is 2.39. The quantitative estimate of drug-likeness (QED) is 0.452. The van der Waals surface area contributed by atoms with Gasteiger partial charge in [-0.25, -0.2) is 0 Å². The Labute approximate surface area is 211 Å². The molecule has 0 aromatic carbocycles. The molecule has 3 heterocycles. The fourth-order valence-corrected chi connectivity index (χ4v) is 6.70. The monoisotopic (exact) mass is 499 g/mol. The fourth-order valence-electron chi connectivity index (χ4n) is 5.32. The molecule has 0 bridgehead atoms. The number of hydrogen-bond donors (Lipinski definition) is 0. The summed E-state index contributed by atoms with van der Waals surface area (Å²) in [6.07, 6.45) is 7.33. The van der Waals surface area contributed by atoms with Crippen LogP contribution >= 0.6 is 24.0 Å². The number of amides is 1. The number of pyridine rings is 1. The Morgan fingerprint density at radius 1 is 1.09 bits per heavy atom. The zero-order chi connectivity index (χ0) is 24.4. The van der Waals surface area contributed by atoms with E-state index in [4.69, 9.17) is 12.2 Å². The molecule has 0 N–H and O–H groups in total. The number of hydrogen-bond acceptors (Lipinski definition) is 7. The molecule has 7 nitrogen and oxygen atoms in total. The van der Waals surface area contributed by atoms with Crippen LogP contribution in [0.1, 0.15) is 62.6 Å². The minimum Gasteiger partial charge on any atom is -0.355 e. The molecule has 1 aliphatic carbocycles. The number of carbonyl (C=O) groups excluding carboxylic acids is 1. The van der Waals surface area contributed by atoms with Gasteiger partial charge in [-0.05, 0) is 44.9 Å². The van der Waals surface area contributed by atoms with E-state index in [0.29, 0.717) is 21.3 Å². The van der Waals surface area contributed by atoms with Crippen LogP contribution in [0.3, 0.4) is 0 Å². The number of carbonyl (C=O) groups is 1. The molecule has 182 valence electrons. The molecule has 3 aliphatic rings. The molecule has 0 spiro atoms. The lowest BCUT2D eigenvalue weighted by atomic mass is 9.94. The van der Waals surface area contributed by atoms with Crippen molar-refractivity contribution >= 4 is 46.1 Å². The largest absolute Gasteiger partial charge is 0.355 e. The van der Waals surface area contributed by atoms with E-state index in [0.717, 1.165) is 69.8 Å². The van der Waals surface area contributed by atoms with Crippen molar-refractivity contribution in [2.24, 2.45) is 0 Å². The van der Waals surface area contributed by atoms with Crippen molar-refractivity contribution in [1.29, 1.82) is 5.26 Å². The highest BCUT2D eigenvalue weighted by molar-refractivity contribution is 8.26. The van der Waals surface area contributed by atoms with Crippen LogP contribution in [0, 0.1) is 18.3 Å². The summed E-state index contributed by atoms with van der Waals surface area (Å²) in [5.74, 6) is 0.762. The lowest BCUT2D eigenvalue weighted by molar-refractivity contribution is -0.124. The van der Waals surface area contributed by atoms with Crippen LogP contribution in [0.2, 0.25) is 0 Å². The second-order valence-electron chi connectivity index (χ2n) is 9.16. The predicted molar refractivity (Wildman–Crippen MR) is 142 cm³/mol. The number of piperazine rings is 1. The average molecular weight is 500 g/mol. The summed E-state index contributed by atoms with van der Waals surface area (Å²) in [5, 5.41) is 9.77. The third-order valence-electron chi connectivity index (χ3n) is 7.32. The maximum atomic E-state index is 13.5. The van der Waals surface area contributed by atoms with Gasteiger partial charge in [-0.2, -0.15) is 5.26 Å². The molecule has 2 saturated heterocycles. The highest BCUT2D eigenvalue weighted by atomic mass is 32.2. The second-order valence-corrected chi connectivity index (χ2v) is 10.8. The summed E-state index contributed by atoms with van der Waals surface area (Å²) in [6, 6.07) is 2.29. The lowest BCUT2D eigenvalue weighted by Gasteiger charge is -2.37. The summed E-state index contributed by atoms with van der Waals surface area (Å²) in [4.78, 5) is 33.7. The van der Waals surface area contributed by atoms with Crippen molar-refractivity contribution in [3.8, 4) is 6.07 Å². The number of nitriles is 1. The predicted octanol–water partition coefficient (Wildman–Crippen LogP) is 3.72. The highest BCUT2D eigenvalue weighted by Gasteiger charge is 2.38. The van der Waals surface area contributed by atoms with Crippen molar-refractivity contribution in [3.63, 3.8) is 0 Å². The van der Waals surface area contributed by atoms with Crippen molar-refractivity contribution in [1.82, 2.24) is 14.4 Å². The fraction of sp³-hybridized carbons (Fsp3) is 0.600. The Hall–Kier alpha value is -2.15. The van der Waals surface area contributed by atoms with Gasteiger partial charge >= 0.3 is 0 Å². The van der Waals surface area contributed by atoms with Crippen LogP contribution in [-0.2, 0) is 11.3 Å². The van der Waals surface area contributed by atoms with Crippen LogP contribution in [0.5, 0.6) is 0 Å². The zero-order valence-corrected chi connectivity index (χ0v) is 21.9. The smallest absolute Gasteiger partial charge is 0.270 e. The number of rotatable bonds is 5. The lowest BCUT2D eigenvalue weighted by Crippen LogP contribution is -2.48. The van der Waals surface area contributed by atoms with E-state index in [1.807, 2.05) is 19.9 Å². The van der Waals surface area contributed by atoms with Gasteiger partial charge in [0.15, 0.2) is 0 Å². The summed E-state index contributed by atoms with van der Waals surface area (Å²) in [5.41, 5.74) is 1.30. The zero-order valence-electron chi connectivity index (χ0n) is 20.3. The van der Waals surface area contributed by atoms with Crippen LogP contribution in [0.4, 0.5) is 5.82 Å². The molecule has 34 heavy (non-hydrogen) atoms. The van der Waals surface area contributed by atoms with Crippen LogP contribution in [0.25, 0.3) is 6.08 Å². The SMILES string of the molecule is CCN1CCN(c2c(/C=C3\SC(=S)N(C4CCCCC4)C3=O)c(C)c(C#N)c(=O)n2CC)CC1. The van der Waals surface area contributed by atoms with Crippen LogP contribution in [-0.4, -0.2) is 63.4 Å². The van der Waals surface area contributed by atoms with Gasteiger partial charge in [-0.15, -0.1) is 0 Å². The summed E-state index contributed by atoms with van der Waals surface area (Å²) in [7, 11) is 0. The third-order valence-corrected chi connectivity index (χ3v) is 8.65. The number of nitrogens with zero attached hydrogens (tertiary/aromatic N) is 5. The van der Waals surface area contributed by atoms with E-state index in [1.165, 1.54) is 18.2 Å². The third kappa shape index (κ3) is 4.56. The topological polar surface area (TPSA) is 72.6 Å². The molecule has 9 heteroatoms. The summed E-state index contributed by atoms with van der Waals surface area (Å²) in [6.45, 7) is 10.8. The Kier molecular flexibility index (Phi) is 7.80. The summed E-state index contributed by atoms with van der Waals surface area (Å²) < 4.78 is 2.31. The van der Waals surface area contributed by atoms with Crippen molar-refractivity contribution in [3.05, 3.63) is 31.9 Å². The number of thiocarbonyl (C=S) groups is 1. The first-order chi connectivity index (χ1) is 16.4. The molecule has 2 aliphatic heterocycles. The first kappa shape index (κ1) is 25.0. The number of thioether (sulfide) groups is 1. The molecule has 0 unspecified atom stereocenters. The molecule has 1 aromatic rings. The molecular formula is C25H33N5O2S2. The molecular weight excluding hydrogens is 466 g/mol. The molecule has 0 radical (unpaired) electrons. The Bertz CT molecular complexity index is 1110. The number of anilines is 1. The minimum atomic E-state index is -0.262. The maximum Gasteiger partial charge on any atom is 0.270 e. The molecule has 0 atom stereocenters. The van der Waals surface area contributed by atoms with E-state index in [-0.39, 0.29) is 23.1 Å². The van der Waals surface area contributed by atoms with Crippen molar-refractivity contribution in [2.45, 2.75) is 65.5 Å². The average Bonchev–Trinajstić information content (AvgIpc) is 3.14. The maximum absolute atomic E-state index is 13.5. The van der Waals surface area contributed by atoms with Gasteiger partial charge < -0.3 is 9.80 Å². The van der Waals surface area contributed by atoms with E-state index in [1.54, 1.807) is 9.47 Å². The van der Waals surface area contributed by atoms with Gasteiger partial charge in [0.05, 0.1) is 4.91 Å². The van der Waals surface area contributed by atoms with Crippen molar-refractivity contribution < 1.29 is 4.79 Å². The van der Waals surface area contributed by atoms with Gasteiger partial charge in [-0.3, -0.25) is 19.1 Å².